The summed E-state index contributed by atoms with van der Waals surface area (Å²) >= 11 is 0. The van der Waals surface area contributed by atoms with Crippen molar-refractivity contribution < 1.29 is 17.9 Å². The van der Waals surface area contributed by atoms with E-state index >= 15 is 0 Å². The van der Waals surface area contributed by atoms with E-state index in [1.807, 2.05) is 55.5 Å². The molecule has 1 N–H and O–H groups in total. The van der Waals surface area contributed by atoms with Gasteiger partial charge in [-0.25, -0.2) is 8.42 Å². The minimum Gasteiger partial charge on any atom is -0.497 e. The smallest absolute Gasteiger partial charge is 0.235 e. The van der Waals surface area contributed by atoms with Gasteiger partial charge in [-0.3, -0.25) is 4.79 Å². The van der Waals surface area contributed by atoms with Gasteiger partial charge < -0.3 is 10.1 Å². The Morgan fingerprint density at radius 3 is 2.17 bits per heavy atom. The Balaban J connectivity index is 2.14. The second-order valence-corrected chi connectivity index (χ2v) is 10.0. The molecule has 0 aromatic heterocycles. The van der Waals surface area contributed by atoms with Crippen molar-refractivity contribution in [1.29, 1.82) is 0 Å². The lowest BCUT2D eigenvalue weighted by molar-refractivity contribution is -0.122. The van der Waals surface area contributed by atoms with Gasteiger partial charge >= 0.3 is 0 Å². The summed E-state index contributed by atoms with van der Waals surface area (Å²) in [6, 6.07) is 15.0. The number of hydrogen-bond donors (Lipinski definition) is 1. The number of hydrogen-bond acceptors (Lipinski definition) is 4. The van der Waals surface area contributed by atoms with E-state index in [-0.39, 0.29) is 25.0 Å². The topological polar surface area (TPSA) is 75.7 Å². The maximum atomic E-state index is 12.8. The highest BCUT2D eigenvalue weighted by molar-refractivity contribution is 7.88. The molecule has 0 bridgehead atoms. The van der Waals surface area contributed by atoms with Crippen molar-refractivity contribution in [3.63, 3.8) is 0 Å². The van der Waals surface area contributed by atoms with Crippen molar-refractivity contribution in [2.45, 2.75) is 39.8 Å². The van der Waals surface area contributed by atoms with Crippen LogP contribution in [0, 0.1) is 12.8 Å². The molecule has 0 fully saturated rings. The van der Waals surface area contributed by atoms with Crippen LogP contribution in [-0.2, 0) is 21.4 Å². The van der Waals surface area contributed by atoms with Crippen molar-refractivity contribution in [2.24, 2.45) is 5.92 Å². The molecule has 2 aromatic rings. The Bertz CT molecular complexity index is 923. The van der Waals surface area contributed by atoms with E-state index in [1.165, 1.54) is 4.31 Å². The molecule has 0 heterocycles. The van der Waals surface area contributed by atoms with Crippen LogP contribution in [0.1, 0.15) is 43.0 Å². The quantitative estimate of drug-likeness (QED) is 0.622. The number of nitrogens with zero attached hydrogens (tertiary/aromatic N) is 1. The second kappa shape index (κ2) is 10.6. The summed E-state index contributed by atoms with van der Waals surface area (Å²) < 4.78 is 31.0. The third kappa shape index (κ3) is 7.46. The summed E-state index contributed by atoms with van der Waals surface area (Å²) in [7, 11) is -1.94. The van der Waals surface area contributed by atoms with Crippen molar-refractivity contribution >= 4 is 15.9 Å². The Morgan fingerprint density at radius 1 is 1.07 bits per heavy atom. The lowest BCUT2D eigenvalue weighted by Gasteiger charge is -2.24. The predicted octanol–water partition coefficient (Wildman–Crippen LogP) is 3.67. The number of carbonyl (C=O) groups excluding carboxylic acids is 1. The van der Waals surface area contributed by atoms with Crippen LogP contribution in [0.2, 0.25) is 0 Å². The largest absolute Gasteiger partial charge is 0.497 e. The highest BCUT2D eigenvalue weighted by Gasteiger charge is 2.23. The van der Waals surface area contributed by atoms with Crippen molar-refractivity contribution in [3.05, 3.63) is 65.2 Å². The summed E-state index contributed by atoms with van der Waals surface area (Å²) in [6.07, 6.45) is 1.87. The summed E-state index contributed by atoms with van der Waals surface area (Å²) in [5, 5.41) is 3.01. The maximum absolute atomic E-state index is 12.8. The summed E-state index contributed by atoms with van der Waals surface area (Å²) in [4.78, 5) is 12.8. The molecule has 0 unspecified atom stereocenters. The molecule has 2 rings (SSSR count). The third-order valence-electron chi connectivity index (χ3n) is 4.83. The van der Waals surface area contributed by atoms with Crippen LogP contribution in [0.3, 0.4) is 0 Å². The first-order valence-electron chi connectivity index (χ1n) is 10.0. The normalized spacial score (nSPS) is 12.8. The molecule has 0 saturated carbocycles. The van der Waals surface area contributed by atoms with Gasteiger partial charge in [0.25, 0.3) is 0 Å². The van der Waals surface area contributed by atoms with Crippen LogP contribution >= 0.6 is 0 Å². The standard InChI is InChI=1S/C23H32N2O4S/c1-17(2)14-22(20-10-12-21(29-4)13-11-20)24-23(26)16-25(30(5,27)28)15-19-8-6-18(3)7-9-19/h6-13,17,22H,14-16H2,1-5H3,(H,24,26)/t22-/m1/s1. The van der Waals surface area contributed by atoms with Crippen molar-refractivity contribution in [2.75, 3.05) is 19.9 Å². The summed E-state index contributed by atoms with van der Waals surface area (Å²) in [5.41, 5.74) is 2.90. The molecule has 2 aromatic carbocycles. The van der Waals surface area contributed by atoms with Gasteiger partial charge in [0.2, 0.25) is 15.9 Å². The molecule has 7 heteroatoms. The molecule has 0 spiro atoms. The first kappa shape index (κ1) is 23.9. The molecule has 6 nitrogen and oxygen atoms in total. The molecule has 0 aliphatic carbocycles. The van der Waals surface area contributed by atoms with Crippen LogP contribution in [0.15, 0.2) is 48.5 Å². The zero-order chi connectivity index (χ0) is 22.3. The van der Waals surface area contributed by atoms with Crippen LogP contribution in [0.4, 0.5) is 0 Å². The molecular formula is C23H32N2O4S. The number of amides is 1. The number of sulfonamides is 1. The number of aryl methyl sites for hydroxylation is 1. The van der Waals surface area contributed by atoms with Gasteiger partial charge in [0.15, 0.2) is 0 Å². The van der Waals surface area contributed by atoms with Gasteiger partial charge in [-0.2, -0.15) is 4.31 Å². The SMILES string of the molecule is COc1ccc([C@@H](CC(C)C)NC(=O)CN(Cc2ccc(C)cc2)S(C)(=O)=O)cc1. The van der Waals surface area contributed by atoms with E-state index in [2.05, 4.69) is 19.2 Å². The van der Waals surface area contributed by atoms with Crippen LogP contribution in [0.25, 0.3) is 0 Å². The first-order valence-corrected chi connectivity index (χ1v) is 11.9. The number of methoxy groups -OCH3 is 1. The van der Waals surface area contributed by atoms with Crippen LogP contribution in [-0.4, -0.2) is 38.5 Å². The molecular weight excluding hydrogens is 400 g/mol. The van der Waals surface area contributed by atoms with Gasteiger partial charge in [0.1, 0.15) is 5.75 Å². The molecule has 0 aliphatic heterocycles. The Morgan fingerprint density at radius 2 is 1.67 bits per heavy atom. The van der Waals surface area contributed by atoms with E-state index in [0.29, 0.717) is 5.92 Å². The summed E-state index contributed by atoms with van der Waals surface area (Å²) in [5.74, 6) is 0.777. The minimum atomic E-state index is -3.54. The van der Waals surface area contributed by atoms with Gasteiger partial charge in [-0.15, -0.1) is 0 Å². The molecule has 30 heavy (non-hydrogen) atoms. The van der Waals surface area contributed by atoms with Crippen LogP contribution < -0.4 is 10.1 Å². The Labute approximate surface area is 180 Å². The molecule has 0 aliphatic rings. The molecule has 0 radical (unpaired) electrons. The number of ether oxygens (including phenoxy) is 1. The zero-order valence-electron chi connectivity index (χ0n) is 18.4. The van der Waals surface area contributed by atoms with E-state index in [4.69, 9.17) is 4.74 Å². The highest BCUT2D eigenvalue weighted by atomic mass is 32.2. The number of benzene rings is 2. The molecule has 0 saturated heterocycles. The highest BCUT2D eigenvalue weighted by Crippen LogP contribution is 2.23. The van der Waals surface area contributed by atoms with Crippen LogP contribution in [0.5, 0.6) is 5.75 Å². The van der Waals surface area contributed by atoms with E-state index in [1.54, 1.807) is 7.11 Å². The number of carbonyl (C=O) groups is 1. The fourth-order valence-corrected chi connectivity index (χ4v) is 3.91. The molecule has 164 valence electrons. The predicted molar refractivity (Wildman–Crippen MR) is 120 cm³/mol. The van der Waals surface area contributed by atoms with Gasteiger partial charge in [0, 0.05) is 6.54 Å². The van der Waals surface area contributed by atoms with E-state index < -0.39 is 10.0 Å². The monoisotopic (exact) mass is 432 g/mol. The fraction of sp³-hybridized carbons (Fsp3) is 0.435. The van der Waals surface area contributed by atoms with E-state index in [9.17, 15) is 13.2 Å². The average Bonchev–Trinajstić information content (AvgIpc) is 2.67. The number of rotatable bonds is 10. The average molecular weight is 433 g/mol. The summed E-state index contributed by atoms with van der Waals surface area (Å²) in [6.45, 7) is 6.08. The lowest BCUT2D eigenvalue weighted by atomic mass is 9.97. The maximum Gasteiger partial charge on any atom is 0.235 e. The lowest BCUT2D eigenvalue weighted by Crippen LogP contribution is -2.41. The van der Waals surface area contributed by atoms with Gasteiger partial charge in [-0.05, 0) is 42.5 Å². The van der Waals surface area contributed by atoms with E-state index in [0.717, 1.165) is 35.1 Å². The Kier molecular flexibility index (Phi) is 8.43. The Hall–Kier alpha value is -2.38. The van der Waals surface area contributed by atoms with Gasteiger partial charge in [0.05, 0.1) is 26.0 Å². The number of nitrogens with one attached hydrogen (secondary N) is 1. The fourth-order valence-electron chi connectivity index (χ4n) is 3.17. The third-order valence-corrected chi connectivity index (χ3v) is 6.03. The van der Waals surface area contributed by atoms with Gasteiger partial charge in [-0.1, -0.05) is 55.8 Å². The first-order chi connectivity index (χ1) is 14.1. The van der Waals surface area contributed by atoms with Crippen molar-refractivity contribution in [1.82, 2.24) is 9.62 Å². The van der Waals surface area contributed by atoms with Crippen molar-refractivity contribution in [3.8, 4) is 5.75 Å². The molecule has 1 atom stereocenters. The zero-order valence-corrected chi connectivity index (χ0v) is 19.2. The second-order valence-electron chi connectivity index (χ2n) is 8.04. The minimum absolute atomic E-state index is 0.157. The molecule has 1 amide bonds.